The van der Waals surface area contributed by atoms with E-state index < -0.39 is 0 Å². The molecule has 0 saturated heterocycles. The maximum atomic E-state index is 11.4. The Hall–Kier alpha value is -1.18. The number of carbonyl (C=O) groups is 2. The van der Waals surface area contributed by atoms with E-state index in [1.807, 2.05) is 20.8 Å². The normalized spacial score (nSPS) is 11.2. The number of carbonyl (C=O) groups excluding carboxylic acids is 2. The van der Waals surface area contributed by atoms with Gasteiger partial charge in [0, 0.05) is 26.1 Å². The van der Waals surface area contributed by atoms with Crippen LogP contribution in [0.3, 0.4) is 0 Å². The minimum Gasteiger partial charge on any atom is -0.378 e. The first kappa shape index (κ1) is 19.8. The second kappa shape index (κ2) is 11.5. The number of hydrogen-bond acceptors (Lipinski definition) is 5. The van der Waals surface area contributed by atoms with Crippen LogP contribution in [0, 0.1) is 0 Å². The summed E-state index contributed by atoms with van der Waals surface area (Å²) in [5.74, 6) is -0.158. The molecule has 0 rings (SSSR count). The highest BCUT2D eigenvalue weighted by Crippen LogP contribution is 2.05. The average Bonchev–Trinajstić information content (AvgIpc) is 2.41. The first-order valence-corrected chi connectivity index (χ1v) is 7.25. The Morgan fingerprint density at radius 3 is 2.05 bits per heavy atom. The third-order valence-electron chi connectivity index (χ3n) is 2.38. The van der Waals surface area contributed by atoms with Crippen LogP contribution in [0.4, 0.5) is 0 Å². The summed E-state index contributed by atoms with van der Waals surface area (Å²) >= 11 is 0. The maximum absolute atomic E-state index is 11.4. The molecule has 0 aromatic heterocycles. The Labute approximate surface area is 127 Å². The van der Waals surface area contributed by atoms with Gasteiger partial charge in [-0.2, -0.15) is 0 Å². The summed E-state index contributed by atoms with van der Waals surface area (Å²) < 4.78 is 10.6. The summed E-state index contributed by atoms with van der Waals surface area (Å²) in [7, 11) is 1.80. The molecule has 21 heavy (non-hydrogen) atoms. The Kier molecular flexibility index (Phi) is 10.8. The lowest BCUT2D eigenvalue weighted by atomic mass is 10.2. The van der Waals surface area contributed by atoms with E-state index in [1.54, 1.807) is 7.05 Å². The van der Waals surface area contributed by atoms with Gasteiger partial charge in [0.25, 0.3) is 0 Å². The van der Waals surface area contributed by atoms with Crippen LogP contribution in [0.1, 0.15) is 27.2 Å². The lowest BCUT2D eigenvalue weighted by Crippen LogP contribution is -2.34. The summed E-state index contributed by atoms with van der Waals surface area (Å²) in [6.45, 7) is 8.15. The molecule has 124 valence electrons. The third-order valence-corrected chi connectivity index (χ3v) is 2.38. The number of hydrogen-bond donors (Lipinski definition) is 3. The lowest BCUT2D eigenvalue weighted by Gasteiger charge is -2.18. The van der Waals surface area contributed by atoms with Crippen molar-refractivity contribution in [3.63, 3.8) is 0 Å². The largest absolute Gasteiger partial charge is 0.378 e. The molecule has 0 heterocycles. The molecule has 0 aromatic carbocycles. The maximum Gasteiger partial charge on any atom is 0.246 e. The van der Waals surface area contributed by atoms with Crippen molar-refractivity contribution >= 4 is 11.8 Å². The molecule has 2 amide bonds. The first-order valence-electron chi connectivity index (χ1n) is 7.25. The smallest absolute Gasteiger partial charge is 0.246 e. The zero-order valence-corrected chi connectivity index (χ0v) is 13.6. The Balaban J connectivity index is 3.36. The fourth-order valence-electron chi connectivity index (χ4n) is 1.29. The van der Waals surface area contributed by atoms with Gasteiger partial charge in [-0.3, -0.25) is 9.59 Å². The van der Waals surface area contributed by atoms with E-state index in [0.29, 0.717) is 39.3 Å². The Bertz CT molecular complexity index is 303. The molecular formula is C14H29N3O4. The van der Waals surface area contributed by atoms with E-state index in [-0.39, 0.29) is 24.0 Å². The predicted molar refractivity (Wildman–Crippen MR) is 81.1 cm³/mol. The fraction of sp³-hybridized carbons (Fsp3) is 0.857. The van der Waals surface area contributed by atoms with Crippen LogP contribution in [-0.2, 0) is 19.1 Å². The van der Waals surface area contributed by atoms with Gasteiger partial charge >= 0.3 is 0 Å². The molecule has 0 aliphatic heterocycles. The Morgan fingerprint density at radius 1 is 0.952 bits per heavy atom. The van der Waals surface area contributed by atoms with Gasteiger partial charge in [-0.05, 0) is 27.8 Å². The zero-order chi connectivity index (χ0) is 16.1. The van der Waals surface area contributed by atoms with Gasteiger partial charge in [-0.1, -0.05) is 0 Å². The van der Waals surface area contributed by atoms with E-state index in [2.05, 4.69) is 16.0 Å². The fourth-order valence-corrected chi connectivity index (χ4v) is 1.29. The van der Waals surface area contributed by atoms with E-state index >= 15 is 0 Å². The standard InChI is InChI=1S/C14H29N3O4/c1-14(2,3)21-11-13(19)17-8-10-20-9-7-16-12(18)5-6-15-4/h15H,5-11H2,1-4H3,(H,16,18)(H,17,19). The van der Waals surface area contributed by atoms with Crippen molar-refractivity contribution in [2.45, 2.75) is 32.8 Å². The lowest BCUT2D eigenvalue weighted by molar-refractivity contribution is -0.130. The van der Waals surface area contributed by atoms with Crippen molar-refractivity contribution in [2.24, 2.45) is 0 Å². The van der Waals surface area contributed by atoms with E-state index in [1.165, 1.54) is 0 Å². The molecule has 0 atom stereocenters. The van der Waals surface area contributed by atoms with Crippen LogP contribution in [-0.4, -0.2) is 63.9 Å². The van der Waals surface area contributed by atoms with Crippen LogP contribution in [0.2, 0.25) is 0 Å². The molecule has 0 fully saturated rings. The molecule has 7 heteroatoms. The second-order valence-electron chi connectivity index (χ2n) is 5.57. The zero-order valence-electron chi connectivity index (χ0n) is 13.6. The molecule has 0 aliphatic rings. The quantitative estimate of drug-likeness (QED) is 0.455. The van der Waals surface area contributed by atoms with E-state index in [4.69, 9.17) is 9.47 Å². The molecule has 0 saturated carbocycles. The van der Waals surface area contributed by atoms with Crippen LogP contribution in [0.25, 0.3) is 0 Å². The van der Waals surface area contributed by atoms with E-state index in [9.17, 15) is 9.59 Å². The molecular weight excluding hydrogens is 274 g/mol. The van der Waals surface area contributed by atoms with Gasteiger partial charge in [0.2, 0.25) is 11.8 Å². The molecule has 0 spiro atoms. The molecule has 3 N–H and O–H groups in total. The number of nitrogens with one attached hydrogen (secondary N) is 3. The van der Waals surface area contributed by atoms with Crippen LogP contribution >= 0.6 is 0 Å². The van der Waals surface area contributed by atoms with Gasteiger partial charge in [-0.15, -0.1) is 0 Å². The third kappa shape index (κ3) is 15.0. The van der Waals surface area contributed by atoms with Crippen LogP contribution in [0.15, 0.2) is 0 Å². The van der Waals surface area contributed by atoms with Crippen LogP contribution < -0.4 is 16.0 Å². The minimum atomic E-state index is -0.320. The van der Waals surface area contributed by atoms with Crippen molar-refractivity contribution in [3.8, 4) is 0 Å². The van der Waals surface area contributed by atoms with Crippen molar-refractivity contribution in [3.05, 3.63) is 0 Å². The number of amides is 2. The highest BCUT2D eigenvalue weighted by Gasteiger charge is 2.12. The summed E-state index contributed by atoms with van der Waals surface area (Å²) in [5.41, 5.74) is -0.320. The monoisotopic (exact) mass is 303 g/mol. The van der Waals surface area contributed by atoms with E-state index in [0.717, 1.165) is 0 Å². The topological polar surface area (TPSA) is 88.7 Å². The van der Waals surface area contributed by atoms with Crippen LogP contribution in [0.5, 0.6) is 0 Å². The number of rotatable bonds is 11. The van der Waals surface area contributed by atoms with Crippen molar-refractivity contribution in [1.82, 2.24) is 16.0 Å². The summed E-state index contributed by atoms with van der Waals surface area (Å²) in [6.07, 6.45) is 0.459. The molecule has 0 bridgehead atoms. The van der Waals surface area contributed by atoms with Crippen molar-refractivity contribution in [1.29, 1.82) is 0 Å². The number of ether oxygens (including phenoxy) is 2. The summed E-state index contributed by atoms with van der Waals surface area (Å²) in [4.78, 5) is 22.7. The highest BCUT2D eigenvalue weighted by atomic mass is 16.5. The van der Waals surface area contributed by atoms with Gasteiger partial charge in [0.15, 0.2) is 0 Å². The van der Waals surface area contributed by atoms with Gasteiger partial charge in [0.1, 0.15) is 6.61 Å². The van der Waals surface area contributed by atoms with Gasteiger partial charge < -0.3 is 25.4 Å². The molecule has 0 aliphatic carbocycles. The average molecular weight is 303 g/mol. The molecule has 0 radical (unpaired) electrons. The molecule has 0 aromatic rings. The van der Waals surface area contributed by atoms with Crippen molar-refractivity contribution < 1.29 is 19.1 Å². The Morgan fingerprint density at radius 2 is 1.52 bits per heavy atom. The molecule has 7 nitrogen and oxygen atoms in total. The highest BCUT2D eigenvalue weighted by molar-refractivity contribution is 5.77. The SMILES string of the molecule is CNCCC(=O)NCCOCCNC(=O)COC(C)(C)C. The minimum absolute atomic E-state index is 0.000539. The summed E-state index contributed by atoms with van der Waals surface area (Å²) in [5, 5.41) is 8.35. The first-order chi connectivity index (χ1) is 9.85. The summed E-state index contributed by atoms with van der Waals surface area (Å²) in [6, 6.07) is 0. The second-order valence-corrected chi connectivity index (χ2v) is 5.57. The predicted octanol–water partition coefficient (Wildman–Crippen LogP) is -0.340. The molecule has 0 unspecified atom stereocenters. The van der Waals surface area contributed by atoms with Gasteiger partial charge in [0.05, 0.1) is 18.8 Å². The van der Waals surface area contributed by atoms with Gasteiger partial charge in [-0.25, -0.2) is 0 Å². The van der Waals surface area contributed by atoms with Crippen molar-refractivity contribution in [2.75, 3.05) is 46.5 Å².